The zero-order valence-corrected chi connectivity index (χ0v) is 20.2. The van der Waals surface area contributed by atoms with E-state index in [0.29, 0.717) is 37.1 Å². The van der Waals surface area contributed by atoms with Gasteiger partial charge in [-0.15, -0.1) is 0 Å². The van der Waals surface area contributed by atoms with Crippen LogP contribution in [0.2, 0.25) is 0 Å². The van der Waals surface area contributed by atoms with Gasteiger partial charge in [-0.1, -0.05) is 39.0 Å². The zero-order chi connectivity index (χ0) is 24.9. The summed E-state index contributed by atoms with van der Waals surface area (Å²) in [5, 5.41) is 9.52. The topological polar surface area (TPSA) is 93.1 Å². The molecule has 0 radical (unpaired) electrons. The van der Waals surface area contributed by atoms with Gasteiger partial charge in [0.15, 0.2) is 11.8 Å². The van der Waals surface area contributed by atoms with Crippen LogP contribution in [0.1, 0.15) is 56.0 Å². The molecule has 2 aromatic rings. The molecule has 0 bridgehead atoms. The lowest BCUT2D eigenvalue weighted by Gasteiger charge is -2.44. The van der Waals surface area contributed by atoms with Crippen LogP contribution >= 0.6 is 0 Å². The summed E-state index contributed by atoms with van der Waals surface area (Å²) in [4.78, 5) is 40.5. The Labute approximate surface area is 200 Å². The molecule has 0 aromatic heterocycles. The molecule has 182 valence electrons. The van der Waals surface area contributed by atoms with Gasteiger partial charge in [0.2, 0.25) is 0 Å². The van der Waals surface area contributed by atoms with Crippen LogP contribution in [0.3, 0.4) is 0 Å². The summed E-state index contributed by atoms with van der Waals surface area (Å²) >= 11 is 0. The molecule has 34 heavy (non-hydrogen) atoms. The fourth-order valence-corrected chi connectivity index (χ4v) is 4.46. The van der Waals surface area contributed by atoms with Gasteiger partial charge in [-0.25, -0.2) is 9.59 Å². The van der Waals surface area contributed by atoms with Crippen LogP contribution < -0.4 is 4.90 Å². The Kier molecular flexibility index (Phi) is 7.97. The molecule has 7 heteroatoms. The van der Waals surface area contributed by atoms with Crippen molar-refractivity contribution in [3.8, 4) is 5.75 Å². The lowest BCUT2D eigenvalue weighted by atomic mass is 9.77. The molecule has 0 amide bonds. The molecule has 2 aromatic carbocycles. The number of cyclic esters (lactones) is 1. The second-order valence-electron chi connectivity index (χ2n) is 9.09. The van der Waals surface area contributed by atoms with E-state index >= 15 is 0 Å². The molecule has 1 saturated heterocycles. The number of hydrogen-bond acceptors (Lipinski definition) is 7. The molecule has 2 unspecified atom stereocenters. The number of nitrogens with zero attached hydrogens (tertiary/aromatic N) is 1. The third kappa shape index (κ3) is 5.41. The van der Waals surface area contributed by atoms with Crippen LogP contribution in [0, 0.1) is 5.92 Å². The van der Waals surface area contributed by atoms with E-state index in [2.05, 4.69) is 0 Å². The zero-order valence-electron chi connectivity index (χ0n) is 20.2. The fourth-order valence-electron chi connectivity index (χ4n) is 4.46. The summed E-state index contributed by atoms with van der Waals surface area (Å²) in [6, 6.07) is 12.6. The van der Waals surface area contributed by atoms with E-state index in [1.807, 2.05) is 32.9 Å². The Bertz CT molecular complexity index is 1010. The molecule has 1 N–H and O–H groups in total. The smallest absolute Gasteiger partial charge is 0.337 e. The quantitative estimate of drug-likeness (QED) is 0.434. The fraction of sp³-hybridized carbons (Fsp3) is 0.444. The number of ketones is 1. The van der Waals surface area contributed by atoms with Crippen molar-refractivity contribution in [2.24, 2.45) is 5.92 Å². The first kappa shape index (κ1) is 25.3. The molecule has 2 atom stereocenters. The first-order valence-electron chi connectivity index (χ1n) is 11.7. The average molecular weight is 468 g/mol. The lowest BCUT2D eigenvalue weighted by Crippen LogP contribution is -2.59. The summed E-state index contributed by atoms with van der Waals surface area (Å²) in [7, 11) is 1.31. The molecular formula is C27H33NO6. The predicted octanol–water partition coefficient (Wildman–Crippen LogP) is 4.31. The number of phenols is 1. The van der Waals surface area contributed by atoms with E-state index in [1.165, 1.54) is 7.11 Å². The number of rotatable bonds is 9. The number of anilines is 1. The number of benzene rings is 2. The number of methoxy groups -OCH3 is 1. The molecule has 0 saturated carbocycles. The number of aromatic hydroxyl groups is 1. The molecule has 7 nitrogen and oxygen atoms in total. The van der Waals surface area contributed by atoms with E-state index in [1.54, 1.807) is 41.3 Å². The number of hydrogen-bond donors (Lipinski definition) is 1. The van der Waals surface area contributed by atoms with Crippen LogP contribution in [0.4, 0.5) is 5.69 Å². The van der Waals surface area contributed by atoms with E-state index in [0.717, 1.165) is 5.56 Å². The third-order valence-corrected chi connectivity index (χ3v) is 6.51. The second-order valence-corrected chi connectivity index (χ2v) is 9.09. The minimum atomic E-state index is -1.06. The van der Waals surface area contributed by atoms with Crippen molar-refractivity contribution >= 4 is 23.4 Å². The minimum absolute atomic E-state index is 0.0549. The van der Waals surface area contributed by atoms with Gasteiger partial charge in [0, 0.05) is 18.7 Å². The molecule has 1 heterocycles. The summed E-state index contributed by atoms with van der Waals surface area (Å²) in [6.07, 6.45) is 1.94. The van der Waals surface area contributed by atoms with Crippen molar-refractivity contribution in [1.29, 1.82) is 0 Å². The third-order valence-electron chi connectivity index (χ3n) is 6.51. The van der Waals surface area contributed by atoms with Gasteiger partial charge in [0.05, 0.1) is 12.7 Å². The minimum Gasteiger partial charge on any atom is -0.508 e. The first-order chi connectivity index (χ1) is 16.2. The highest BCUT2D eigenvalue weighted by Gasteiger charge is 2.50. The number of carbonyl (C=O) groups excluding carboxylic acids is 3. The van der Waals surface area contributed by atoms with Gasteiger partial charge < -0.3 is 19.5 Å². The van der Waals surface area contributed by atoms with Crippen molar-refractivity contribution in [2.75, 3.05) is 18.6 Å². The van der Waals surface area contributed by atoms with Crippen molar-refractivity contribution in [3.05, 3.63) is 59.7 Å². The maximum Gasteiger partial charge on any atom is 0.337 e. The van der Waals surface area contributed by atoms with Crippen LogP contribution in [0.5, 0.6) is 5.75 Å². The average Bonchev–Trinajstić information content (AvgIpc) is 2.82. The molecule has 1 fully saturated rings. The van der Waals surface area contributed by atoms with Gasteiger partial charge in [-0.05, 0) is 61.1 Å². The summed E-state index contributed by atoms with van der Waals surface area (Å²) in [6.45, 7) is 6.34. The predicted molar refractivity (Wildman–Crippen MR) is 129 cm³/mol. The van der Waals surface area contributed by atoms with E-state index in [4.69, 9.17) is 9.47 Å². The summed E-state index contributed by atoms with van der Waals surface area (Å²) in [5.41, 5.74) is 1.05. The molecule has 0 spiro atoms. The molecule has 3 rings (SSSR count). The summed E-state index contributed by atoms with van der Waals surface area (Å²) in [5.74, 6) is -1.10. The van der Waals surface area contributed by atoms with Gasteiger partial charge in [0.25, 0.3) is 0 Å². The van der Waals surface area contributed by atoms with E-state index in [9.17, 15) is 19.5 Å². The molecular weight excluding hydrogens is 434 g/mol. The lowest BCUT2D eigenvalue weighted by molar-refractivity contribution is -0.179. The number of carbonyl (C=O) groups is 3. The van der Waals surface area contributed by atoms with Crippen LogP contribution in [0.15, 0.2) is 48.5 Å². The maximum atomic E-state index is 13.5. The van der Waals surface area contributed by atoms with Crippen molar-refractivity contribution in [3.63, 3.8) is 0 Å². The van der Waals surface area contributed by atoms with E-state index < -0.39 is 23.6 Å². The highest BCUT2D eigenvalue weighted by atomic mass is 16.6. The van der Waals surface area contributed by atoms with Crippen LogP contribution in [0.25, 0.3) is 0 Å². The van der Waals surface area contributed by atoms with E-state index in [-0.39, 0.29) is 23.9 Å². The Morgan fingerprint density at radius 1 is 1.21 bits per heavy atom. The monoisotopic (exact) mass is 467 g/mol. The van der Waals surface area contributed by atoms with Crippen LogP contribution in [-0.4, -0.2) is 48.1 Å². The van der Waals surface area contributed by atoms with Gasteiger partial charge in [0.1, 0.15) is 11.4 Å². The first-order valence-corrected chi connectivity index (χ1v) is 11.7. The highest BCUT2D eigenvalue weighted by molar-refractivity contribution is 6.08. The molecule has 0 aliphatic carbocycles. The van der Waals surface area contributed by atoms with Crippen molar-refractivity contribution in [2.45, 2.75) is 58.1 Å². The Morgan fingerprint density at radius 3 is 2.50 bits per heavy atom. The SMILES string of the molecule is CCCN(c1cccc(C(=O)OC)c1)C1C(=O)CC(CCc2ccc(O)cc2)(C(C)C)OC1=O. The standard InChI is InChI=1S/C27H33NO6/c1-5-15-28(21-8-6-7-20(16-21)25(31)33-4)24-23(30)17-27(18(2)3,34-26(24)32)14-13-19-9-11-22(29)12-10-19/h6-12,16,18,24,29H,5,13-15,17H2,1-4H3. The Balaban J connectivity index is 1.85. The number of Topliss-reactive ketones (excluding diaryl/α,β-unsaturated/α-hetero) is 1. The van der Waals surface area contributed by atoms with Gasteiger partial charge in [-0.3, -0.25) is 4.79 Å². The highest BCUT2D eigenvalue weighted by Crippen LogP contribution is 2.38. The van der Waals surface area contributed by atoms with Gasteiger partial charge >= 0.3 is 11.9 Å². The second kappa shape index (κ2) is 10.7. The van der Waals surface area contributed by atoms with Crippen LogP contribution in [-0.2, 0) is 25.5 Å². The number of ether oxygens (including phenoxy) is 2. The number of phenolic OH excluding ortho intramolecular Hbond substituents is 1. The number of esters is 2. The Hall–Kier alpha value is -3.35. The van der Waals surface area contributed by atoms with Gasteiger partial charge in [-0.2, -0.15) is 0 Å². The molecule has 1 aliphatic heterocycles. The maximum absolute atomic E-state index is 13.5. The Morgan fingerprint density at radius 2 is 1.91 bits per heavy atom. The summed E-state index contributed by atoms with van der Waals surface area (Å²) < 4.78 is 10.9. The largest absolute Gasteiger partial charge is 0.508 e. The number of aryl methyl sites for hydroxylation is 1. The molecule has 1 aliphatic rings. The van der Waals surface area contributed by atoms with Crippen molar-refractivity contribution in [1.82, 2.24) is 0 Å². The van der Waals surface area contributed by atoms with Crippen molar-refractivity contribution < 1.29 is 29.0 Å². The normalized spacial score (nSPS) is 20.2.